The third-order valence-corrected chi connectivity index (χ3v) is 5.24. The first kappa shape index (κ1) is 19.9. The predicted molar refractivity (Wildman–Crippen MR) is 117 cm³/mol. The number of nitrogens with one attached hydrogen (secondary N) is 1. The second kappa shape index (κ2) is 9.43. The molecule has 7 heteroatoms. The van der Waals surface area contributed by atoms with Crippen LogP contribution in [0, 0.1) is 0 Å². The largest absolute Gasteiger partial charge is 0.250 e. The molecule has 0 bridgehead atoms. The summed E-state index contributed by atoms with van der Waals surface area (Å²) in [6, 6.07) is 16.7. The number of unbranched alkanes of at least 4 members (excludes halogenated alkanes) is 2. The molecule has 4 rings (SSSR count). The van der Waals surface area contributed by atoms with Crippen LogP contribution in [0.5, 0.6) is 0 Å². The number of aromatic nitrogens is 7. The monoisotopic (exact) mass is 401 g/mol. The second-order valence-electron chi connectivity index (χ2n) is 7.37. The maximum atomic E-state index is 4.80. The van der Waals surface area contributed by atoms with Crippen molar-refractivity contribution in [3.05, 3.63) is 65.7 Å². The fraction of sp³-hybridized carbons (Fsp3) is 0.348. The van der Waals surface area contributed by atoms with E-state index in [-0.39, 0.29) is 0 Å². The molecule has 0 unspecified atom stereocenters. The van der Waals surface area contributed by atoms with Crippen LogP contribution in [0.25, 0.3) is 22.5 Å². The molecule has 0 fully saturated rings. The topological polar surface area (TPSA) is 85.2 Å². The van der Waals surface area contributed by atoms with Gasteiger partial charge in [-0.15, -0.1) is 10.2 Å². The zero-order valence-electron chi connectivity index (χ0n) is 17.5. The fourth-order valence-electron chi connectivity index (χ4n) is 3.64. The fourth-order valence-corrected chi connectivity index (χ4v) is 3.64. The Balaban J connectivity index is 1.53. The first-order valence-electron chi connectivity index (χ1n) is 10.6. The number of tetrazole rings is 1. The van der Waals surface area contributed by atoms with E-state index in [1.54, 1.807) is 0 Å². The number of aryl methyl sites for hydroxylation is 2. The highest BCUT2D eigenvalue weighted by Crippen LogP contribution is 2.29. The number of benzene rings is 2. The molecule has 0 aliphatic carbocycles. The highest BCUT2D eigenvalue weighted by atomic mass is 15.5. The Morgan fingerprint density at radius 3 is 2.43 bits per heavy atom. The Morgan fingerprint density at radius 1 is 0.933 bits per heavy atom. The zero-order valence-corrected chi connectivity index (χ0v) is 17.5. The van der Waals surface area contributed by atoms with Gasteiger partial charge >= 0.3 is 0 Å². The number of hydrogen-bond donors (Lipinski definition) is 1. The van der Waals surface area contributed by atoms with Crippen molar-refractivity contribution in [2.75, 3.05) is 0 Å². The molecule has 0 aliphatic rings. The van der Waals surface area contributed by atoms with Crippen molar-refractivity contribution in [1.82, 2.24) is 35.4 Å². The van der Waals surface area contributed by atoms with Gasteiger partial charge in [0.2, 0.25) is 5.82 Å². The lowest BCUT2D eigenvalue weighted by Crippen LogP contribution is -2.04. The number of H-pyrrole nitrogens is 1. The highest BCUT2D eigenvalue weighted by molar-refractivity contribution is 5.80. The second-order valence-corrected chi connectivity index (χ2v) is 7.37. The van der Waals surface area contributed by atoms with Crippen LogP contribution in [0.1, 0.15) is 50.3 Å². The van der Waals surface area contributed by atoms with Gasteiger partial charge in [-0.05, 0) is 35.2 Å². The predicted octanol–water partition coefficient (Wildman–Crippen LogP) is 4.47. The normalized spacial score (nSPS) is 11.1. The summed E-state index contributed by atoms with van der Waals surface area (Å²) in [5, 5.41) is 19.2. The molecule has 0 saturated heterocycles. The summed E-state index contributed by atoms with van der Waals surface area (Å²) < 4.78 is 2.03. The molecule has 2 aromatic carbocycles. The average Bonchev–Trinajstić information content (AvgIpc) is 3.45. The number of rotatable bonds is 9. The van der Waals surface area contributed by atoms with Crippen LogP contribution in [0.3, 0.4) is 0 Å². The zero-order chi connectivity index (χ0) is 20.8. The van der Waals surface area contributed by atoms with Crippen molar-refractivity contribution in [1.29, 1.82) is 0 Å². The van der Waals surface area contributed by atoms with Gasteiger partial charge in [0, 0.05) is 24.9 Å². The lowest BCUT2D eigenvalue weighted by Gasteiger charge is -2.08. The molecule has 0 atom stereocenters. The van der Waals surface area contributed by atoms with Crippen molar-refractivity contribution < 1.29 is 0 Å². The van der Waals surface area contributed by atoms with Crippen molar-refractivity contribution in [3.8, 4) is 22.5 Å². The molecule has 0 spiro atoms. The van der Waals surface area contributed by atoms with Crippen LogP contribution in [0.2, 0.25) is 0 Å². The molecular weight excluding hydrogens is 374 g/mol. The molecule has 154 valence electrons. The van der Waals surface area contributed by atoms with E-state index in [1.807, 2.05) is 22.9 Å². The van der Waals surface area contributed by atoms with Crippen LogP contribution < -0.4 is 0 Å². The standard InChI is InChI=1S/C23H27N7/c1-3-5-6-11-21-24-22(30(4-2)27-21)16-17-12-14-18(15-13-17)19-9-7-8-10-20(19)23-25-28-29-26-23/h7-10,12-15H,3-6,11,16H2,1-2H3,(H,25,26,28,29). The summed E-state index contributed by atoms with van der Waals surface area (Å²) >= 11 is 0. The summed E-state index contributed by atoms with van der Waals surface area (Å²) in [4.78, 5) is 4.80. The van der Waals surface area contributed by atoms with Gasteiger partial charge in [-0.3, -0.25) is 0 Å². The maximum Gasteiger partial charge on any atom is 0.205 e. The Hall–Kier alpha value is -3.35. The van der Waals surface area contributed by atoms with Crippen LogP contribution in [0.15, 0.2) is 48.5 Å². The molecule has 2 heterocycles. The molecule has 2 aromatic heterocycles. The molecule has 0 radical (unpaired) electrons. The minimum Gasteiger partial charge on any atom is -0.250 e. The quantitative estimate of drug-likeness (QED) is 0.418. The van der Waals surface area contributed by atoms with E-state index in [9.17, 15) is 0 Å². The third-order valence-electron chi connectivity index (χ3n) is 5.24. The van der Waals surface area contributed by atoms with E-state index < -0.39 is 0 Å². The first-order valence-corrected chi connectivity index (χ1v) is 10.6. The molecule has 0 amide bonds. The van der Waals surface area contributed by atoms with Gasteiger partial charge in [-0.25, -0.2) is 9.67 Å². The van der Waals surface area contributed by atoms with E-state index in [0.717, 1.165) is 54.1 Å². The van der Waals surface area contributed by atoms with Gasteiger partial charge in [-0.1, -0.05) is 68.3 Å². The Labute approximate surface area is 176 Å². The van der Waals surface area contributed by atoms with Crippen molar-refractivity contribution in [2.45, 2.75) is 52.5 Å². The van der Waals surface area contributed by atoms with Crippen molar-refractivity contribution in [2.24, 2.45) is 0 Å². The van der Waals surface area contributed by atoms with Gasteiger partial charge < -0.3 is 0 Å². The van der Waals surface area contributed by atoms with Gasteiger partial charge in [-0.2, -0.15) is 10.3 Å². The van der Waals surface area contributed by atoms with E-state index in [0.29, 0.717) is 5.82 Å². The molecule has 1 N–H and O–H groups in total. The molecule has 30 heavy (non-hydrogen) atoms. The van der Waals surface area contributed by atoms with Crippen LogP contribution >= 0.6 is 0 Å². The smallest absolute Gasteiger partial charge is 0.205 e. The molecule has 0 saturated carbocycles. The summed E-state index contributed by atoms with van der Waals surface area (Å²) in [5.41, 5.74) is 4.39. The number of hydrogen-bond acceptors (Lipinski definition) is 5. The number of nitrogens with zero attached hydrogens (tertiary/aromatic N) is 6. The third kappa shape index (κ3) is 4.45. The SMILES string of the molecule is CCCCCc1nc(Cc2ccc(-c3ccccc3-c3nn[nH]n3)cc2)n(CC)n1. The highest BCUT2D eigenvalue weighted by Gasteiger charge is 2.12. The first-order chi connectivity index (χ1) is 14.8. The molecule has 7 nitrogen and oxygen atoms in total. The molecular formula is C23H27N7. The van der Waals surface area contributed by atoms with E-state index >= 15 is 0 Å². The Morgan fingerprint density at radius 2 is 1.73 bits per heavy atom. The Kier molecular flexibility index (Phi) is 6.27. The van der Waals surface area contributed by atoms with Crippen molar-refractivity contribution in [3.63, 3.8) is 0 Å². The average molecular weight is 402 g/mol. The van der Waals surface area contributed by atoms with Crippen LogP contribution in [0.4, 0.5) is 0 Å². The summed E-state index contributed by atoms with van der Waals surface area (Å²) in [7, 11) is 0. The summed E-state index contributed by atoms with van der Waals surface area (Å²) in [6.07, 6.45) is 5.32. The van der Waals surface area contributed by atoms with Crippen molar-refractivity contribution >= 4 is 0 Å². The van der Waals surface area contributed by atoms with Crippen LogP contribution in [-0.2, 0) is 19.4 Å². The summed E-state index contributed by atoms with van der Waals surface area (Å²) in [6.45, 7) is 5.17. The van der Waals surface area contributed by atoms with E-state index in [2.05, 4.69) is 69.9 Å². The maximum absolute atomic E-state index is 4.80. The number of aromatic amines is 1. The molecule has 4 aromatic rings. The van der Waals surface area contributed by atoms with Gasteiger partial charge in [0.15, 0.2) is 5.82 Å². The minimum absolute atomic E-state index is 0.598. The van der Waals surface area contributed by atoms with E-state index in [4.69, 9.17) is 4.98 Å². The van der Waals surface area contributed by atoms with Gasteiger partial charge in [0.05, 0.1) is 0 Å². The van der Waals surface area contributed by atoms with Gasteiger partial charge in [0.25, 0.3) is 0 Å². The lowest BCUT2D eigenvalue weighted by molar-refractivity contribution is 0.611. The Bertz CT molecular complexity index is 1070. The minimum atomic E-state index is 0.598. The molecule has 0 aliphatic heterocycles. The summed E-state index contributed by atoms with van der Waals surface area (Å²) in [5.74, 6) is 2.59. The van der Waals surface area contributed by atoms with E-state index in [1.165, 1.54) is 18.4 Å². The lowest BCUT2D eigenvalue weighted by atomic mass is 9.98. The van der Waals surface area contributed by atoms with Gasteiger partial charge in [0.1, 0.15) is 5.82 Å². The van der Waals surface area contributed by atoms with Crippen LogP contribution in [-0.4, -0.2) is 35.4 Å².